The van der Waals surface area contributed by atoms with Crippen LogP contribution < -0.4 is 11.3 Å². The molecule has 4 nitrogen and oxygen atoms in total. The van der Waals surface area contributed by atoms with Crippen molar-refractivity contribution in [2.24, 2.45) is 11.8 Å². The number of piperidine rings is 1. The fourth-order valence-corrected chi connectivity index (χ4v) is 1.67. The second kappa shape index (κ2) is 4.47. The van der Waals surface area contributed by atoms with E-state index in [-0.39, 0.29) is 11.8 Å². The first-order valence-electron chi connectivity index (χ1n) is 4.50. The van der Waals surface area contributed by atoms with Gasteiger partial charge in [-0.15, -0.1) is 0 Å². The van der Waals surface area contributed by atoms with Crippen LogP contribution in [0.5, 0.6) is 0 Å². The molecule has 1 unspecified atom stereocenters. The summed E-state index contributed by atoms with van der Waals surface area (Å²) in [4.78, 5) is 13.4. The number of nitrogens with two attached hydrogens (primary N) is 1. The minimum Gasteiger partial charge on any atom is -0.345 e. The Bertz CT molecular complexity index is 165. The van der Waals surface area contributed by atoms with Crippen LogP contribution in [0.4, 0.5) is 0 Å². The summed E-state index contributed by atoms with van der Waals surface area (Å²) in [6.45, 7) is 4.09. The number of nitrogens with one attached hydrogen (secondary N) is 1. The summed E-state index contributed by atoms with van der Waals surface area (Å²) >= 11 is 0. The van der Waals surface area contributed by atoms with Gasteiger partial charge in [0, 0.05) is 0 Å². The molecule has 0 radical (unpaired) electrons. The molecule has 1 aliphatic rings. The van der Waals surface area contributed by atoms with Gasteiger partial charge in [-0.2, -0.15) is 0 Å². The number of hydrogen-bond donors (Lipinski definition) is 2. The molecule has 1 fully saturated rings. The Labute approximate surface area is 73.7 Å². The van der Waals surface area contributed by atoms with E-state index < -0.39 is 0 Å². The van der Waals surface area contributed by atoms with Gasteiger partial charge < -0.3 is 4.81 Å². The monoisotopic (exact) mass is 169 g/mol. The normalized spacial score (nSPS) is 25.0. The lowest BCUT2D eigenvalue weighted by molar-refractivity contribution is -0.126. The molecule has 0 saturated carbocycles. The van der Waals surface area contributed by atoms with E-state index in [4.69, 9.17) is 5.84 Å². The summed E-state index contributed by atoms with van der Waals surface area (Å²) in [6, 6.07) is 0. The minimum atomic E-state index is -0.0202. The molecule has 1 heterocycles. The van der Waals surface area contributed by atoms with Crippen LogP contribution in [0, 0.1) is 5.92 Å². The molecule has 3 N–H and O–H groups in total. The second-order valence-corrected chi connectivity index (χ2v) is 3.24. The molecule has 0 aliphatic carbocycles. The van der Waals surface area contributed by atoms with E-state index in [1.807, 2.05) is 0 Å². The number of hydrazine groups is 1. The highest BCUT2D eigenvalue weighted by atomic mass is 16.2. The Morgan fingerprint density at radius 3 is 3.08 bits per heavy atom. The highest BCUT2D eigenvalue weighted by molar-refractivity contribution is 6.29. The molecule has 5 heteroatoms. The van der Waals surface area contributed by atoms with Gasteiger partial charge in [-0.3, -0.25) is 10.2 Å². The molecule has 68 valence electrons. The van der Waals surface area contributed by atoms with Crippen LogP contribution in [0.2, 0.25) is 6.82 Å². The van der Waals surface area contributed by atoms with Crippen LogP contribution in [-0.4, -0.2) is 31.2 Å². The molecule has 0 spiro atoms. The lowest BCUT2D eigenvalue weighted by Gasteiger charge is -2.30. The van der Waals surface area contributed by atoms with E-state index in [0.717, 1.165) is 33.3 Å². The van der Waals surface area contributed by atoms with Gasteiger partial charge in [0.15, 0.2) is 0 Å². The maximum absolute atomic E-state index is 11.2. The molecular formula is C7H16BN3O. The number of amides is 1. The SMILES string of the molecule is CBN1CCCC(C(=O)NN)C1. The Morgan fingerprint density at radius 1 is 1.75 bits per heavy atom. The molecule has 1 aliphatic heterocycles. The van der Waals surface area contributed by atoms with E-state index >= 15 is 0 Å². The summed E-state index contributed by atoms with van der Waals surface area (Å²) < 4.78 is 0. The third-order valence-corrected chi connectivity index (χ3v) is 2.47. The lowest BCUT2D eigenvalue weighted by atomic mass is 9.87. The van der Waals surface area contributed by atoms with Crippen LogP contribution in [-0.2, 0) is 4.79 Å². The molecule has 1 saturated heterocycles. The first-order chi connectivity index (χ1) is 5.77. The van der Waals surface area contributed by atoms with Crippen molar-refractivity contribution in [1.29, 1.82) is 0 Å². The average Bonchev–Trinajstić information content (AvgIpc) is 2.17. The Morgan fingerprint density at radius 2 is 2.50 bits per heavy atom. The molecular weight excluding hydrogens is 153 g/mol. The molecule has 0 bridgehead atoms. The Balaban J connectivity index is 2.40. The molecule has 0 aromatic rings. The van der Waals surface area contributed by atoms with Crippen LogP contribution >= 0.6 is 0 Å². The van der Waals surface area contributed by atoms with Gasteiger partial charge in [0.1, 0.15) is 0 Å². The molecule has 1 amide bonds. The van der Waals surface area contributed by atoms with Crippen molar-refractivity contribution in [3.05, 3.63) is 0 Å². The summed E-state index contributed by atoms with van der Waals surface area (Å²) in [6.07, 6.45) is 2.07. The van der Waals surface area contributed by atoms with Gasteiger partial charge in [0.2, 0.25) is 13.3 Å². The van der Waals surface area contributed by atoms with E-state index in [1.54, 1.807) is 0 Å². The van der Waals surface area contributed by atoms with E-state index in [1.165, 1.54) is 0 Å². The molecule has 1 atom stereocenters. The Hall–Kier alpha value is -0.545. The fraction of sp³-hybridized carbons (Fsp3) is 0.857. The summed E-state index contributed by atoms with van der Waals surface area (Å²) in [7, 11) is 1.02. The van der Waals surface area contributed by atoms with Crippen molar-refractivity contribution in [2.75, 3.05) is 13.1 Å². The van der Waals surface area contributed by atoms with Gasteiger partial charge in [-0.1, -0.05) is 6.82 Å². The van der Waals surface area contributed by atoms with Crippen LogP contribution in [0.1, 0.15) is 12.8 Å². The third kappa shape index (κ3) is 2.22. The number of rotatable bonds is 2. The van der Waals surface area contributed by atoms with Crippen molar-refractivity contribution < 1.29 is 4.79 Å². The average molecular weight is 169 g/mol. The first kappa shape index (κ1) is 9.54. The summed E-state index contributed by atoms with van der Waals surface area (Å²) in [5, 5.41) is 0. The van der Waals surface area contributed by atoms with Crippen molar-refractivity contribution in [3.63, 3.8) is 0 Å². The van der Waals surface area contributed by atoms with Crippen molar-refractivity contribution in [3.8, 4) is 0 Å². The second-order valence-electron chi connectivity index (χ2n) is 3.24. The van der Waals surface area contributed by atoms with Gasteiger partial charge in [-0.25, -0.2) is 5.84 Å². The predicted octanol–water partition coefficient (Wildman–Crippen LogP) is -0.912. The van der Waals surface area contributed by atoms with Crippen molar-refractivity contribution in [1.82, 2.24) is 10.2 Å². The summed E-state index contributed by atoms with van der Waals surface area (Å²) in [5.41, 5.74) is 2.21. The maximum atomic E-state index is 11.2. The topological polar surface area (TPSA) is 58.4 Å². The number of nitrogens with zero attached hydrogens (tertiary/aromatic N) is 1. The zero-order valence-electron chi connectivity index (χ0n) is 7.55. The van der Waals surface area contributed by atoms with Gasteiger partial charge in [0.05, 0.1) is 5.92 Å². The minimum absolute atomic E-state index is 0.0202. The standard InChI is InChI=1S/C7H16BN3O/c1-8-11-4-2-3-6(5-11)7(12)10-9/h6,8H,2-5,9H2,1H3,(H,10,12). The quantitative estimate of drug-likeness (QED) is 0.243. The third-order valence-electron chi connectivity index (χ3n) is 2.47. The Kier molecular flexibility index (Phi) is 3.56. The van der Waals surface area contributed by atoms with E-state index in [9.17, 15) is 4.79 Å². The highest BCUT2D eigenvalue weighted by Gasteiger charge is 2.23. The number of carbonyl (C=O) groups excluding carboxylic acids is 1. The molecule has 0 aromatic carbocycles. The molecule has 1 rings (SSSR count). The van der Waals surface area contributed by atoms with Crippen LogP contribution in [0.3, 0.4) is 0 Å². The lowest BCUT2D eigenvalue weighted by Crippen LogP contribution is -2.45. The number of carbonyl (C=O) groups is 1. The molecule has 0 aromatic heterocycles. The maximum Gasteiger partial charge on any atom is 0.238 e. The fourth-order valence-electron chi connectivity index (χ4n) is 1.67. The van der Waals surface area contributed by atoms with Crippen molar-refractivity contribution in [2.45, 2.75) is 19.7 Å². The van der Waals surface area contributed by atoms with Crippen LogP contribution in [0.15, 0.2) is 0 Å². The van der Waals surface area contributed by atoms with E-state index in [0.29, 0.717) is 0 Å². The van der Waals surface area contributed by atoms with Crippen molar-refractivity contribution >= 4 is 13.3 Å². The zero-order valence-corrected chi connectivity index (χ0v) is 7.55. The van der Waals surface area contributed by atoms with Crippen LogP contribution in [0.25, 0.3) is 0 Å². The largest absolute Gasteiger partial charge is 0.345 e. The number of hydrogen-bond acceptors (Lipinski definition) is 3. The summed E-state index contributed by atoms with van der Waals surface area (Å²) in [5.74, 6) is 5.15. The highest BCUT2D eigenvalue weighted by Crippen LogP contribution is 2.15. The van der Waals surface area contributed by atoms with E-state index in [2.05, 4.69) is 17.1 Å². The first-order valence-corrected chi connectivity index (χ1v) is 4.50. The zero-order chi connectivity index (χ0) is 8.97. The van der Waals surface area contributed by atoms with Gasteiger partial charge >= 0.3 is 0 Å². The smallest absolute Gasteiger partial charge is 0.238 e. The predicted molar refractivity (Wildman–Crippen MR) is 49.6 cm³/mol. The van der Waals surface area contributed by atoms with Gasteiger partial charge in [-0.05, 0) is 25.9 Å². The molecule has 12 heavy (non-hydrogen) atoms. The van der Waals surface area contributed by atoms with Gasteiger partial charge in [0.25, 0.3) is 0 Å².